The Morgan fingerprint density at radius 3 is 2.48 bits per heavy atom. The first kappa shape index (κ1) is 16.8. The number of anilines is 1. The van der Waals surface area contributed by atoms with Crippen LogP contribution in [0.5, 0.6) is 5.75 Å². The molecule has 2 amide bonds. The lowest BCUT2D eigenvalue weighted by atomic mass is 9.96. The number of rotatable bonds is 6. The van der Waals surface area contributed by atoms with E-state index in [-0.39, 0.29) is 12.5 Å². The van der Waals surface area contributed by atoms with Crippen molar-refractivity contribution in [3.8, 4) is 5.75 Å². The van der Waals surface area contributed by atoms with Crippen molar-refractivity contribution in [1.82, 2.24) is 5.32 Å². The normalized spacial score (nSPS) is 11.9. The molecule has 0 fully saturated rings. The second kappa shape index (κ2) is 7.52. The number of hydrogen-bond donors (Lipinski definition) is 3. The van der Waals surface area contributed by atoms with E-state index in [1.807, 2.05) is 26.8 Å². The van der Waals surface area contributed by atoms with E-state index in [9.17, 15) is 9.59 Å². The first-order valence-electron chi connectivity index (χ1n) is 6.77. The van der Waals surface area contributed by atoms with Crippen LogP contribution in [0.4, 0.5) is 10.5 Å². The molecule has 0 radical (unpaired) electrons. The predicted molar refractivity (Wildman–Crippen MR) is 80.7 cm³/mol. The SMILES string of the molecule is COc1ccc(NC(=O)NCC(C(=O)O)C(C)C)c(C)c1. The average molecular weight is 294 g/mol. The number of urea groups is 1. The van der Waals surface area contributed by atoms with E-state index < -0.39 is 17.9 Å². The summed E-state index contributed by atoms with van der Waals surface area (Å²) in [6.45, 7) is 5.57. The number of carbonyl (C=O) groups is 2. The fourth-order valence-electron chi connectivity index (χ4n) is 1.88. The van der Waals surface area contributed by atoms with Crippen molar-refractivity contribution in [3.05, 3.63) is 23.8 Å². The maximum absolute atomic E-state index is 11.8. The zero-order chi connectivity index (χ0) is 16.0. The number of nitrogens with one attached hydrogen (secondary N) is 2. The van der Waals surface area contributed by atoms with Gasteiger partial charge in [0.2, 0.25) is 0 Å². The zero-order valence-electron chi connectivity index (χ0n) is 12.8. The van der Waals surface area contributed by atoms with E-state index in [4.69, 9.17) is 9.84 Å². The third-order valence-electron chi connectivity index (χ3n) is 3.29. The molecule has 0 saturated heterocycles. The first-order valence-corrected chi connectivity index (χ1v) is 6.77. The predicted octanol–water partition coefficient (Wildman–Crippen LogP) is 2.48. The lowest BCUT2D eigenvalue weighted by molar-refractivity contribution is -0.142. The maximum atomic E-state index is 11.8. The molecule has 3 N–H and O–H groups in total. The van der Waals surface area contributed by atoms with Crippen molar-refractivity contribution >= 4 is 17.7 Å². The van der Waals surface area contributed by atoms with E-state index in [1.165, 1.54) is 0 Å². The minimum absolute atomic E-state index is 0.0504. The Bertz CT molecular complexity index is 514. The molecule has 1 atom stereocenters. The topological polar surface area (TPSA) is 87.7 Å². The zero-order valence-corrected chi connectivity index (χ0v) is 12.8. The first-order chi connectivity index (χ1) is 9.85. The van der Waals surface area contributed by atoms with Gasteiger partial charge in [-0.3, -0.25) is 4.79 Å². The second-order valence-electron chi connectivity index (χ2n) is 5.20. The number of carbonyl (C=O) groups excluding carboxylic acids is 1. The van der Waals surface area contributed by atoms with Gasteiger partial charge in [0.1, 0.15) is 5.75 Å². The van der Waals surface area contributed by atoms with Crippen LogP contribution in [0.3, 0.4) is 0 Å². The molecule has 1 rings (SSSR count). The fraction of sp³-hybridized carbons (Fsp3) is 0.467. The third kappa shape index (κ3) is 4.98. The Hall–Kier alpha value is -2.24. The Balaban J connectivity index is 2.60. The van der Waals surface area contributed by atoms with Crippen molar-refractivity contribution in [2.75, 3.05) is 19.0 Å². The van der Waals surface area contributed by atoms with Crippen LogP contribution >= 0.6 is 0 Å². The summed E-state index contributed by atoms with van der Waals surface area (Å²) in [6.07, 6.45) is 0. The summed E-state index contributed by atoms with van der Waals surface area (Å²) in [5.74, 6) is -0.853. The highest BCUT2D eigenvalue weighted by Gasteiger charge is 2.21. The van der Waals surface area contributed by atoms with E-state index in [2.05, 4.69) is 10.6 Å². The maximum Gasteiger partial charge on any atom is 0.319 e. The van der Waals surface area contributed by atoms with Crippen LogP contribution in [-0.4, -0.2) is 30.8 Å². The van der Waals surface area contributed by atoms with Gasteiger partial charge in [0.15, 0.2) is 0 Å². The summed E-state index contributed by atoms with van der Waals surface area (Å²) < 4.78 is 5.09. The number of aryl methyl sites for hydroxylation is 1. The van der Waals surface area contributed by atoms with Gasteiger partial charge in [-0.25, -0.2) is 4.79 Å². The van der Waals surface area contributed by atoms with Crippen LogP contribution in [0.15, 0.2) is 18.2 Å². The quantitative estimate of drug-likeness (QED) is 0.752. The van der Waals surface area contributed by atoms with Gasteiger partial charge in [-0.2, -0.15) is 0 Å². The lowest BCUT2D eigenvalue weighted by Crippen LogP contribution is -2.37. The van der Waals surface area contributed by atoms with Gasteiger partial charge in [-0.15, -0.1) is 0 Å². The molecule has 6 nitrogen and oxygen atoms in total. The molecule has 0 aliphatic heterocycles. The molecule has 0 aliphatic carbocycles. The van der Waals surface area contributed by atoms with Crippen molar-refractivity contribution in [2.45, 2.75) is 20.8 Å². The molecule has 6 heteroatoms. The van der Waals surface area contributed by atoms with Gasteiger partial charge in [-0.1, -0.05) is 13.8 Å². The monoisotopic (exact) mass is 294 g/mol. The Labute approximate surface area is 124 Å². The molecule has 21 heavy (non-hydrogen) atoms. The highest BCUT2D eigenvalue weighted by Crippen LogP contribution is 2.20. The summed E-state index contributed by atoms with van der Waals surface area (Å²) >= 11 is 0. The summed E-state index contributed by atoms with van der Waals surface area (Å²) in [7, 11) is 1.58. The van der Waals surface area contributed by atoms with Gasteiger partial charge in [-0.05, 0) is 36.6 Å². The molecule has 0 heterocycles. The molecule has 1 aromatic carbocycles. The summed E-state index contributed by atoms with van der Waals surface area (Å²) in [4.78, 5) is 22.9. The van der Waals surface area contributed by atoms with Crippen molar-refractivity contribution in [2.24, 2.45) is 11.8 Å². The molecule has 0 spiro atoms. The number of carboxylic acids is 1. The number of aliphatic carboxylic acids is 1. The van der Waals surface area contributed by atoms with Gasteiger partial charge >= 0.3 is 12.0 Å². The molecule has 1 unspecified atom stereocenters. The molecular formula is C15H22N2O4. The van der Waals surface area contributed by atoms with Crippen molar-refractivity contribution in [1.29, 1.82) is 0 Å². The smallest absolute Gasteiger partial charge is 0.319 e. The summed E-state index contributed by atoms with van der Waals surface area (Å²) in [6, 6.07) is 4.88. The molecule has 0 saturated carbocycles. The molecule has 116 valence electrons. The lowest BCUT2D eigenvalue weighted by Gasteiger charge is -2.17. The summed E-state index contributed by atoms with van der Waals surface area (Å²) in [5, 5.41) is 14.3. The molecule has 0 bridgehead atoms. The molecule has 1 aromatic rings. The highest BCUT2D eigenvalue weighted by atomic mass is 16.5. The third-order valence-corrected chi connectivity index (χ3v) is 3.29. The average Bonchev–Trinajstić information content (AvgIpc) is 2.40. The number of ether oxygens (including phenoxy) is 1. The highest BCUT2D eigenvalue weighted by molar-refractivity contribution is 5.90. The van der Waals surface area contributed by atoms with E-state index >= 15 is 0 Å². The largest absolute Gasteiger partial charge is 0.497 e. The second-order valence-corrected chi connectivity index (χ2v) is 5.20. The fourth-order valence-corrected chi connectivity index (χ4v) is 1.88. The van der Waals surface area contributed by atoms with Gasteiger partial charge < -0.3 is 20.5 Å². The number of methoxy groups -OCH3 is 1. The van der Waals surface area contributed by atoms with Crippen LogP contribution < -0.4 is 15.4 Å². The van der Waals surface area contributed by atoms with Crippen LogP contribution in [0.1, 0.15) is 19.4 Å². The minimum atomic E-state index is -0.911. The van der Waals surface area contributed by atoms with E-state index in [0.717, 1.165) is 5.56 Å². The van der Waals surface area contributed by atoms with E-state index in [1.54, 1.807) is 19.2 Å². The van der Waals surface area contributed by atoms with Crippen molar-refractivity contribution < 1.29 is 19.4 Å². The van der Waals surface area contributed by atoms with Gasteiger partial charge in [0.25, 0.3) is 0 Å². The van der Waals surface area contributed by atoms with Gasteiger partial charge in [0, 0.05) is 12.2 Å². The summed E-state index contributed by atoms with van der Waals surface area (Å²) in [5.41, 5.74) is 1.52. The molecule has 0 aromatic heterocycles. The number of hydrogen-bond acceptors (Lipinski definition) is 3. The molecule has 0 aliphatic rings. The van der Waals surface area contributed by atoms with E-state index in [0.29, 0.717) is 11.4 Å². The number of carboxylic acid groups (broad SMARTS) is 1. The standard InChI is InChI=1S/C15H22N2O4/c1-9(2)12(14(18)19)8-16-15(20)17-13-6-5-11(21-4)7-10(13)3/h5-7,9,12H,8H2,1-4H3,(H,18,19)(H2,16,17,20). The van der Waals surface area contributed by atoms with Crippen LogP contribution in [0.25, 0.3) is 0 Å². The Morgan fingerprint density at radius 2 is 2.00 bits per heavy atom. The van der Waals surface area contributed by atoms with Crippen LogP contribution in [-0.2, 0) is 4.79 Å². The molecular weight excluding hydrogens is 272 g/mol. The number of amides is 2. The van der Waals surface area contributed by atoms with Gasteiger partial charge in [0.05, 0.1) is 13.0 Å². The number of benzene rings is 1. The van der Waals surface area contributed by atoms with Crippen LogP contribution in [0.2, 0.25) is 0 Å². The Morgan fingerprint density at radius 1 is 1.33 bits per heavy atom. The Kier molecular flexibility index (Phi) is 6.02. The minimum Gasteiger partial charge on any atom is -0.497 e. The van der Waals surface area contributed by atoms with Crippen molar-refractivity contribution in [3.63, 3.8) is 0 Å². The van der Waals surface area contributed by atoms with Crippen LogP contribution in [0, 0.1) is 18.8 Å².